The van der Waals surface area contributed by atoms with Gasteiger partial charge >= 0.3 is 6.85 Å². The summed E-state index contributed by atoms with van der Waals surface area (Å²) in [7, 11) is 0. The number of fused-ring (bicyclic) bond motifs is 9. The highest BCUT2D eigenvalue weighted by molar-refractivity contribution is 7.26. The van der Waals surface area contributed by atoms with Crippen molar-refractivity contribution < 1.29 is 0 Å². The molecule has 0 bridgehead atoms. The minimum absolute atomic E-state index is 0.0625. The lowest BCUT2D eigenvalue weighted by Gasteiger charge is -2.50. The van der Waals surface area contributed by atoms with Crippen LogP contribution in [0.15, 0.2) is 170 Å². The fourth-order valence-corrected chi connectivity index (χ4v) is 11.4. The van der Waals surface area contributed by atoms with Gasteiger partial charge in [0.1, 0.15) is 0 Å². The van der Waals surface area contributed by atoms with Crippen LogP contribution >= 0.6 is 11.3 Å². The maximum Gasteiger partial charge on any atom is 0.333 e. The Hall–Kier alpha value is -6.36. The fraction of sp³-hybridized carbons (Fsp3) is 0.0769. The number of rotatable bonds is 3. The third kappa shape index (κ3) is 4.28. The molecule has 4 heterocycles. The molecule has 1 aromatic heterocycles. The SMILES string of the molecule is Cc1ccccc1-c1cc2c3c(c1)N1c4ccccc4C(C)(C)c4cccc(c41)B3N(c1cccc3c1sc1ccccc13)c1cc(-c3ccccc3)ccc1-2. The molecule has 9 aromatic rings. The van der Waals surface area contributed by atoms with Gasteiger partial charge in [-0.15, -0.1) is 11.3 Å². The summed E-state index contributed by atoms with van der Waals surface area (Å²) < 4.78 is 2.64. The van der Waals surface area contributed by atoms with Crippen LogP contribution in [0, 0.1) is 6.92 Å². The lowest BCUT2D eigenvalue weighted by Crippen LogP contribution is -2.62. The Kier molecular flexibility index (Phi) is 6.61. The van der Waals surface area contributed by atoms with E-state index in [1.807, 2.05) is 11.3 Å². The van der Waals surface area contributed by atoms with E-state index in [-0.39, 0.29) is 12.3 Å². The zero-order valence-corrected chi connectivity index (χ0v) is 32.4. The first kappa shape index (κ1) is 31.9. The third-order valence-corrected chi connectivity index (χ3v) is 14.0. The second kappa shape index (κ2) is 11.6. The molecule has 3 aliphatic heterocycles. The molecular formula is C52H37BN2S. The number of anilines is 5. The number of para-hydroxylation sites is 2. The van der Waals surface area contributed by atoms with E-state index in [0.29, 0.717) is 0 Å². The summed E-state index contributed by atoms with van der Waals surface area (Å²) in [6.07, 6.45) is 0. The molecule has 0 radical (unpaired) electrons. The maximum atomic E-state index is 2.71. The van der Waals surface area contributed by atoms with Gasteiger partial charge in [0, 0.05) is 49.2 Å². The van der Waals surface area contributed by atoms with Gasteiger partial charge in [0.25, 0.3) is 0 Å². The number of hydrogen-bond acceptors (Lipinski definition) is 3. The number of nitrogens with zero attached hydrogens (tertiary/aromatic N) is 2. The molecule has 0 N–H and O–H groups in total. The Morgan fingerprint density at radius 1 is 0.500 bits per heavy atom. The van der Waals surface area contributed by atoms with Gasteiger partial charge in [0.15, 0.2) is 0 Å². The van der Waals surface area contributed by atoms with Crippen LogP contribution in [0.1, 0.15) is 30.5 Å². The van der Waals surface area contributed by atoms with Crippen molar-refractivity contribution in [2.75, 3.05) is 9.71 Å². The summed E-state index contributed by atoms with van der Waals surface area (Å²) >= 11 is 1.91. The summed E-state index contributed by atoms with van der Waals surface area (Å²) in [6, 6.07) is 63.9. The van der Waals surface area contributed by atoms with Crippen molar-refractivity contribution in [3.05, 3.63) is 187 Å². The van der Waals surface area contributed by atoms with E-state index in [1.165, 1.54) is 110 Å². The van der Waals surface area contributed by atoms with Gasteiger partial charge in [-0.25, -0.2) is 0 Å². The third-order valence-electron chi connectivity index (χ3n) is 12.8. The Morgan fingerprint density at radius 2 is 1.21 bits per heavy atom. The smallest absolute Gasteiger partial charge is 0.333 e. The molecule has 12 rings (SSSR count). The summed E-state index contributed by atoms with van der Waals surface area (Å²) in [4.78, 5) is 5.32. The number of hydrogen-bond donors (Lipinski definition) is 0. The first-order chi connectivity index (χ1) is 27.5. The number of aryl methyl sites for hydroxylation is 1. The zero-order valence-electron chi connectivity index (χ0n) is 31.5. The van der Waals surface area contributed by atoms with E-state index in [9.17, 15) is 0 Å². The molecule has 4 heteroatoms. The molecule has 0 saturated heterocycles. The lowest BCUT2D eigenvalue weighted by atomic mass is 9.42. The van der Waals surface area contributed by atoms with Gasteiger partial charge in [-0.1, -0.05) is 147 Å². The van der Waals surface area contributed by atoms with Crippen molar-refractivity contribution in [2.24, 2.45) is 0 Å². The molecule has 3 aliphatic rings. The average molecular weight is 733 g/mol. The predicted octanol–water partition coefficient (Wildman–Crippen LogP) is 13.0. The van der Waals surface area contributed by atoms with Crippen LogP contribution < -0.4 is 20.6 Å². The molecule has 56 heavy (non-hydrogen) atoms. The molecule has 0 unspecified atom stereocenters. The largest absolute Gasteiger partial charge is 0.375 e. The summed E-state index contributed by atoms with van der Waals surface area (Å²) in [6.45, 7) is 6.98. The molecule has 0 fully saturated rings. The van der Waals surface area contributed by atoms with E-state index >= 15 is 0 Å². The monoisotopic (exact) mass is 732 g/mol. The van der Waals surface area contributed by atoms with Crippen molar-refractivity contribution >= 4 is 77.7 Å². The van der Waals surface area contributed by atoms with Crippen LogP contribution in [-0.2, 0) is 5.41 Å². The molecule has 0 aliphatic carbocycles. The van der Waals surface area contributed by atoms with Crippen molar-refractivity contribution in [3.63, 3.8) is 0 Å². The second-order valence-corrected chi connectivity index (χ2v) is 17.2. The molecule has 264 valence electrons. The molecule has 0 amide bonds. The average Bonchev–Trinajstić information content (AvgIpc) is 3.63. The Morgan fingerprint density at radius 3 is 2.11 bits per heavy atom. The summed E-state index contributed by atoms with van der Waals surface area (Å²) in [5.41, 5.74) is 20.4. The summed E-state index contributed by atoms with van der Waals surface area (Å²) in [5.74, 6) is 0. The van der Waals surface area contributed by atoms with E-state index in [4.69, 9.17) is 0 Å². The maximum absolute atomic E-state index is 2.71. The quantitative estimate of drug-likeness (QED) is 0.167. The van der Waals surface area contributed by atoms with Gasteiger partial charge in [-0.3, -0.25) is 0 Å². The molecule has 0 atom stereocenters. The van der Waals surface area contributed by atoms with E-state index in [0.717, 1.165) is 0 Å². The minimum atomic E-state index is -0.185. The lowest BCUT2D eigenvalue weighted by molar-refractivity contribution is 0.632. The van der Waals surface area contributed by atoms with Crippen molar-refractivity contribution in [2.45, 2.75) is 26.2 Å². The van der Waals surface area contributed by atoms with Crippen LogP contribution in [-0.4, -0.2) is 6.85 Å². The fourth-order valence-electron chi connectivity index (χ4n) is 10.2. The van der Waals surface area contributed by atoms with Crippen LogP contribution in [0.2, 0.25) is 0 Å². The van der Waals surface area contributed by atoms with E-state index in [1.54, 1.807) is 0 Å². The Bertz CT molecular complexity index is 3100. The highest BCUT2D eigenvalue weighted by atomic mass is 32.1. The zero-order chi connectivity index (χ0) is 37.3. The molecule has 0 saturated carbocycles. The highest BCUT2D eigenvalue weighted by Gasteiger charge is 2.49. The Balaban J connectivity index is 1.25. The highest BCUT2D eigenvalue weighted by Crippen LogP contribution is 2.56. The van der Waals surface area contributed by atoms with Gasteiger partial charge < -0.3 is 9.71 Å². The number of thiophene rings is 1. The molecule has 0 spiro atoms. The van der Waals surface area contributed by atoms with Crippen molar-refractivity contribution in [1.82, 2.24) is 0 Å². The van der Waals surface area contributed by atoms with Crippen LogP contribution in [0.4, 0.5) is 28.4 Å². The van der Waals surface area contributed by atoms with Crippen molar-refractivity contribution in [3.8, 4) is 33.4 Å². The van der Waals surface area contributed by atoms with Gasteiger partial charge in [-0.05, 0) is 98.8 Å². The first-order valence-electron chi connectivity index (χ1n) is 19.6. The second-order valence-electron chi connectivity index (χ2n) is 16.1. The van der Waals surface area contributed by atoms with Gasteiger partial charge in [0.05, 0.1) is 10.4 Å². The van der Waals surface area contributed by atoms with Crippen LogP contribution in [0.3, 0.4) is 0 Å². The molecule has 2 nitrogen and oxygen atoms in total. The predicted molar refractivity (Wildman–Crippen MR) is 241 cm³/mol. The molecule has 8 aromatic carbocycles. The summed E-state index contributed by atoms with van der Waals surface area (Å²) in [5, 5.41) is 2.63. The number of benzene rings is 8. The van der Waals surface area contributed by atoms with Crippen molar-refractivity contribution in [1.29, 1.82) is 0 Å². The van der Waals surface area contributed by atoms with Crippen LogP contribution in [0.25, 0.3) is 53.6 Å². The normalized spacial score (nSPS) is 14.4. The Labute approximate surface area is 332 Å². The van der Waals surface area contributed by atoms with Gasteiger partial charge in [-0.2, -0.15) is 0 Å². The minimum Gasteiger partial charge on any atom is -0.375 e. The first-order valence-corrected chi connectivity index (χ1v) is 20.5. The standard InChI is InChI=1S/C52H37BN2S/c1-32-15-7-8-18-36(32)35-29-40-37-28-27-34(33-16-5-4-6-17-33)30-46(37)55(45-25-13-20-39-38-19-9-12-26-48(38)56-51(39)45)53-43-23-14-22-42-50(43)54(47(31-35)49(40)53)44-24-11-10-21-41(44)52(42,2)3/h4-31H,1-3H3. The molecular weight excluding hydrogens is 695 g/mol. The van der Waals surface area contributed by atoms with Crippen LogP contribution in [0.5, 0.6) is 0 Å². The topological polar surface area (TPSA) is 6.48 Å². The van der Waals surface area contributed by atoms with Gasteiger partial charge in [0.2, 0.25) is 0 Å². The van der Waals surface area contributed by atoms with E-state index < -0.39 is 0 Å². The van der Waals surface area contributed by atoms with E-state index in [2.05, 4.69) is 200 Å².